The van der Waals surface area contributed by atoms with Gasteiger partial charge < -0.3 is 4.74 Å². The Morgan fingerprint density at radius 3 is 2.89 bits per heavy atom. The third kappa shape index (κ3) is 3.35. The molecule has 28 heavy (non-hydrogen) atoms. The first-order valence-electron chi connectivity index (χ1n) is 8.27. The van der Waals surface area contributed by atoms with Crippen LogP contribution in [0.3, 0.4) is 0 Å². The predicted octanol–water partition coefficient (Wildman–Crippen LogP) is 3.49. The third-order valence-electron chi connectivity index (χ3n) is 4.22. The maximum absolute atomic E-state index is 12.7. The van der Waals surface area contributed by atoms with Crippen LogP contribution in [0.5, 0.6) is 5.75 Å². The van der Waals surface area contributed by atoms with E-state index in [0.29, 0.717) is 10.9 Å². The smallest absolute Gasteiger partial charge is 0.271 e. The summed E-state index contributed by atoms with van der Waals surface area (Å²) >= 11 is 1.48. The quantitative estimate of drug-likeness (QED) is 0.379. The van der Waals surface area contributed by atoms with E-state index in [4.69, 9.17) is 4.74 Å². The van der Waals surface area contributed by atoms with Gasteiger partial charge in [0.25, 0.3) is 11.2 Å². The zero-order valence-electron chi connectivity index (χ0n) is 14.7. The van der Waals surface area contributed by atoms with Crippen LogP contribution in [-0.2, 0) is 6.54 Å². The predicted molar refractivity (Wildman–Crippen MR) is 106 cm³/mol. The molecule has 0 aliphatic rings. The van der Waals surface area contributed by atoms with Gasteiger partial charge in [0.1, 0.15) is 10.8 Å². The van der Waals surface area contributed by atoms with Crippen molar-refractivity contribution >= 4 is 27.9 Å². The van der Waals surface area contributed by atoms with E-state index in [1.54, 1.807) is 7.11 Å². The van der Waals surface area contributed by atoms with Crippen molar-refractivity contribution in [1.82, 2.24) is 14.5 Å². The summed E-state index contributed by atoms with van der Waals surface area (Å²) in [6, 6.07) is 11.6. The summed E-state index contributed by atoms with van der Waals surface area (Å²) in [5.74, 6) is 0.748. The fourth-order valence-electron chi connectivity index (χ4n) is 2.82. The molecule has 0 radical (unpaired) electrons. The average molecular weight is 394 g/mol. The summed E-state index contributed by atoms with van der Waals surface area (Å²) in [4.78, 5) is 31.8. The van der Waals surface area contributed by atoms with E-state index in [-0.39, 0.29) is 17.8 Å². The molecular formula is C19H14N4O4S. The molecular weight excluding hydrogens is 380 g/mol. The lowest BCUT2D eigenvalue weighted by Crippen LogP contribution is -2.21. The number of ether oxygens (including phenoxy) is 1. The van der Waals surface area contributed by atoms with Gasteiger partial charge in [-0.2, -0.15) is 0 Å². The molecule has 8 nitrogen and oxygen atoms in total. The maximum Gasteiger partial charge on any atom is 0.271 e. The highest BCUT2D eigenvalue weighted by Crippen LogP contribution is 2.27. The summed E-state index contributed by atoms with van der Waals surface area (Å²) in [7, 11) is 1.61. The lowest BCUT2D eigenvalue weighted by Gasteiger charge is -2.05. The van der Waals surface area contributed by atoms with Gasteiger partial charge in [-0.05, 0) is 18.2 Å². The normalized spacial score (nSPS) is 10.9. The number of aromatic nitrogens is 3. The molecule has 2 aromatic heterocycles. The lowest BCUT2D eigenvalue weighted by molar-refractivity contribution is -0.384. The Labute approximate surface area is 162 Å². The van der Waals surface area contributed by atoms with E-state index in [1.165, 1.54) is 40.4 Å². The molecule has 0 saturated carbocycles. The fourth-order valence-corrected chi connectivity index (χ4v) is 3.62. The van der Waals surface area contributed by atoms with E-state index in [9.17, 15) is 14.9 Å². The van der Waals surface area contributed by atoms with Gasteiger partial charge in [0.2, 0.25) is 0 Å². The lowest BCUT2D eigenvalue weighted by atomic mass is 10.2. The number of nitro groups is 1. The fraction of sp³-hybridized carbons (Fsp3) is 0.105. The van der Waals surface area contributed by atoms with Gasteiger partial charge in [0.05, 0.1) is 41.5 Å². The molecule has 0 aliphatic carbocycles. The molecule has 0 N–H and O–H groups in total. The van der Waals surface area contributed by atoms with E-state index in [1.807, 2.05) is 29.6 Å². The van der Waals surface area contributed by atoms with Crippen molar-refractivity contribution in [1.29, 1.82) is 0 Å². The second-order valence-electron chi connectivity index (χ2n) is 6.01. The molecule has 0 atom stereocenters. The summed E-state index contributed by atoms with van der Waals surface area (Å²) in [5.41, 5.74) is 1.60. The number of methoxy groups -OCH3 is 1. The van der Waals surface area contributed by atoms with Gasteiger partial charge in [-0.25, -0.2) is 9.97 Å². The summed E-state index contributed by atoms with van der Waals surface area (Å²) < 4.78 is 6.68. The van der Waals surface area contributed by atoms with Crippen molar-refractivity contribution in [2.75, 3.05) is 7.11 Å². The summed E-state index contributed by atoms with van der Waals surface area (Å²) in [6.07, 6.45) is 1.39. The molecule has 2 heterocycles. The number of non-ortho nitro benzene ring substituents is 1. The van der Waals surface area contributed by atoms with Crippen molar-refractivity contribution in [3.8, 4) is 16.3 Å². The number of hydrogen-bond acceptors (Lipinski definition) is 7. The second kappa shape index (κ2) is 7.20. The standard InChI is InChI=1S/C19H14N4O4S/c1-27-15-4-2-3-12(7-15)18-21-13(10-28-18)9-22-11-20-17-8-14(23(25)26)5-6-16(17)19(22)24/h2-8,10-11H,9H2,1H3. The highest BCUT2D eigenvalue weighted by molar-refractivity contribution is 7.13. The Morgan fingerprint density at radius 1 is 1.25 bits per heavy atom. The summed E-state index contributed by atoms with van der Waals surface area (Å²) in [5, 5.41) is 13.9. The molecule has 4 aromatic rings. The van der Waals surface area contributed by atoms with Crippen molar-refractivity contribution in [2.45, 2.75) is 6.54 Å². The Morgan fingerprint density at radius 2 is 2.11 bits per heavy atom. The average Bonchev–Trinajstić information content (AvgIpc) is 3.18. The Hall–Kier alpha value is -3.59. The van der Waals surface area contributed by atoms with Crippen LogP contribution in [-0.4, -0.2) is 26.6 Å². The molecule has 2 aromatic carbocycles. The van der Waals surface area contributed by atoms with Crippen LogP contribution in [0.4, 0.5) is 5.69 Å². The molecule has 0 aliphatic heterocycles. The minimum absolute atomic E-state index is 0.0976. The molecule has 9 heteroatoms. The number of nitro benzene ring substituents is 1. The van der Waals surface area contributed by atoms with Crippen molar-refractivity contribution in [3.05, 3.63) is 80.3 Å². The van der Waals surface area contributed by atoms with E-state index < -0.39 is 4.92 Å². The number of fused-ring (bicyclic) bond motifs is 1. The Bertz CT molecular complexity index is 1250. The van der Waals surface area contributed by atoms with Gasteiger partial charge in [0, 0.05) is 23.1 Å². The third-order valence-corrected chi connectivity index (χ3v) is 5.16. The number of hydrogen-bond donors (Lipinski definition) is 0. The van der Waals surface area contributed by atoms with Gasteiger partial charge in [-0.1, -0.05) is 12.1 Å². The number of nitrogens with zero attached hydrogens (tertiary/aromatic N) is 4. The highest BCUT2D eigenvalue weighted by Gasteiger charge is 2.12. The van der Waals surface area contributed by atoms with Gasteiger partial charge in [-0.3, -0.25) is 19.5 Å². The summed E-state index contributed by atoms with van der Waals surface area (Å²) in [6.45, 7) is 0.263. The van der Waals surface area contributed by atoms with E-state index >= 15 is 0 Å². The van der Waals surface area contributed by atoms with Gasteiger partial charge in [0.15, 0.2) is 0 Å². The monoisotopic (exact) mass is 394 g/mol. The topological polar surface area (TPSA) is 100 Å². The van der Waals surface area contributed by atoms with Gasteiger partial charge in [-0.15, -0.1) is 11.3 Å². The Kier molecular flexibility index (Phi) is 4.58. The molecule has 0 amide bonds. The van der Waals surface area contributed by atoms with Crippen LogP contribution in [0.15, 0.2) is 59.0 Å². The SMILES string of the molecule is COc1cccc(-c2nc(Cn3cnc4cc([N+](=O)[O-])ccc4c3=O)cs2)c1. The van der Waals surface area contributed by atoms with Crippen LogP contribution < -0.4 is 10.3 Å². The Balaban J connectivity index is 1.64. The van der Waals surface area contributed by atoms with Crippen LogP contribution in [0.25, 0.3) is 21.5 Å². The van der Waals surface area contributed by atoms with Crippen LogP contribution >= 0.6 is 11.3 Å². The molecule has 4 rings (SSSR count). The first kappa shape index (κ1) is 17.8. The second-order valence-corrected chi connectivity index (χ2v) is 6.87. The van der Waals surface area contributed by atoms with Crippen molar-refractivity contribution in [3.63, 3.8) is 0 Å². The highest BCUT2D eigenvalue weighted by atomic mass is 32.1. The molecule has 0 bridgehead atoms. The largest absolute Gasteiger partial charge is 0.497 e. The first-order chi connectivity index (χ1) is 13.5. The molecule has 140 valence electrons. The zero-order valence-corrected chi connectivity index (χ0v) is 15.5. The van der Waals surface area contributed by atoms with E-state index in [2.05, 4.69) is 9.97 Å². The molecule has 0 unspecified atom stereocenters. The minimum Gasteiger partial charge on any atom is -0.497 e. The van der Waals surface area contributed by atoms with Crippen molar-refractivity contribution < 1.29 is 9.66 Å². The molecule has 0 spiro atoms. The molecule has 0 saturated heterocycles. The first-order valence-corrected chi connectivity index (χ1v) is 9.15. The van der Waals surface area contributed by atoms with Crippen LogP contribution in [0.1, 0.15) is 5.69 Å². The number of rotatable bonds is 5. The number of thiazole rings is 1. The van der Waals surface area contributed by atoms with Crippen molar-refractivity contribution in [2.24, 2.45) is 0 Å². The van der Waals surface area contributed by atoms with Crippen LogP contribution in [0.2, 0.25) is 0 Å². The van der Waals surface area contributed by atoms with Gasteiger partial charge >= 0.3 is 0 Å². The maximum atomic E-state index is 12.7. The minimum atomic E-state index is -0.512. The number of benzene rings is 2. The zero-order chi connectivity index (χ0) is 19.7. The molecule has 0 fully saturated rings. The van der Waals surface area contributed by atoms with E-state index in [0.717, 1.165) is 22.0 Å². The van der Waals surface area contributed by atoms with Crippen LogP contribution in [0, 0.1) is 10.1 Å².